The van der Waals surface area contributed by atoms with E-state index in [1.807, 2.05) is 0 Å². The maximum absolute atomic E-state index is 13.9. The molecule has 0 aliphatic carbocycles. The van der Waals surface area contributed by atoms with Crippen molar-refractivity contribution in [2.24, 2.45) is 0 Å². The van der Waals surface area contributed by atoms with Crippen LogP contribution in [0.1, 0.15) is 32.4 Å². The lowest BCUT2D eigenvalue weighted by Gasteiger charge is -2.44. The van der Waals surface area contributed by atoms with Crippen molar-refractivity contribution in [1.82, 2.24) is 15.0 Å². The van der Waals surface area contributed by atoms with Gasteiger partial charge in [0.15, 0.2) is 29.7 Å². The number of rotatable bonds is 9. The van der Waals surface area contributed by atoms with Crippen LogP contribution in [0.25, 0.3) is 11.3 Å². The molecular formula is C27H25ClF3N3O7S. The number of carbonyl (C=O) groups excluding carboxylic acids is 3. The van der Waals surface area contributed by atoms with Gasteiger partial charge in [0.05, 0.1) is 6.20 Å². The molecule has 4 rings (SSSR count). The first kappa shape index (κ1) is 31.3. The van der Waals surface area contributed by atoms with Gasteiger partial charge in [-0.15, -0.1) is 16.9 Å². The maximum Gasteiger partial charge on any atom is 0.303 e. The molecule has 0 amide bonds. The molecule has 0 N–H and O–H groups in total. The summed E-state index contributed by atoms with van der Waals surface area (Å²) >= 11 is 7.24. The number of hydrogen-bond donors (Lipinski definition) is 0. The summed E-state index contributed by atoms with van der Waals surface area (Å²) in [6, 6.07) is 7.42. The van der Waals surface area contributed by atoms with Gasteiger partial charge in [-0.2, -0.15) is 0 Å². The molecule has 0 radical (unpaired) electrons. The number of esters is 3. The van der Waals surface area contributed by atoms with Crippen LogP contribution in [0.15, 0.2) is 42.6 Å². The Hall–Kier alpha value is -3.62. The second-order valence-corrected chi connectivity index (χ2v) is 10.8. The van der Waals surface area contributed by atoms with Crippen LogP contribution >= 0.6 is 23.4 Å². The van der Waals surface area contributed by atoms with Gasteiger partial charge in [0.2, 0.25) is 0 Å². The predicted molar refractivity (Wildman–Crippen MR) is 144 cm³/mol. The number of thioether (sulfide) groups is 1. The fourth-order valence-corrected chi connectivity index (χ4v) is 5.64. The van der Waals surface area contributed by atoms with E-state index in [-0.39, 0.29) is 17.9 Å². The average molecular weight is 628 g/mol. The molecule has 1 fully saturated rings. The third-order valence-electron chi connectivity index (χ3n) is 6.09. The first-order valence-electron chi connectivity index (χ1n) is 12.5. The number of benzene rings is 2. The summed E-state index contributed by atoms with van der Waals surface area (Å²) in [5.41, 5.74) is -0.212. The molecule has 2 aromatic carbocycles. The average Bonchev–Trinajstić information content (AvgIpc) is 3.40. The summed E-state index contributed by atoms with van der Waals surface area (Å²) in [6.45, 7) is 3.20. The Morgan fingerprint density at radius 2 is 1.60 bits per heavy atom. The van der Waals surface area contributed by atoms with Gasteiger partial charge in [0.1, 0.15) is 29.9 Å². The van der Waals surface area contributed by atoms with E-state index >= 15 is 0 Å². The predicted octanol–water partition coefficient (Wildman–Crippen LogP) is 4.64. The minimum absolute atomic E-state index is 0.0515. The monoisotopic (exact) mass is 627 g/mol. The number of ether oxygens (including phenoxy) is 4. The zero-order valence-electron chi connectivity index (χ0n) is 22.5. The van der Waals surface area contributed by atoms with Crippen LogP contribution in [-0.4, -0.2) is 63.3 Å². The van der Waals surface area contributed by atoms with Crippen LogP contribution in [0.3, 0.4) is 0 Å². The molecule has 1 aliphatic heterocycles. The van der Waals surface area contributed by atoms with Gasteiger partial charge in [-0.05, 0) is 29.8 Å². The quantitative estimate of drug-likeness (QED) is 0.189. The Morgan fingerprint density at radius 3 is 2.19 bits per heavy atom. The molecule has 1 saturated heterocycles. The molecule has 5 atom stereocenters. The Bertz CT molecular complexity index is 1440. The summed E-state index contributed by atoms with van der Waals surface area (Å²) < 4.78 is 65.3. The molecule has 1 aliphatic rings. The van der Waals surface area contributed by atoms with Crippen LogP contribution in [0, 0.1) is 17.5 Å². The van der Waals surface area contributed by atoms with E-state index in [0.29, 0.717) is 10.8 Å². The first-order valence-corrected chi connectivity index (χ1v) is 13.9. The minimum atomic E-state index is -1.64. The van der Waals surface area contributed by atoms with Gasteiger partial charge in [-0.1, -0.05) is 28.9 Å². The van der Waals surface area contributed by atoms with Crippen LogP contribution < -0.4 is 0 Å². The molecule has 2 heterocycles. The van der Waals surface area contributed by atoms with Crippen LogP contribution in [0.4, 0.5) is 13.2 Å². The summed E-state index contributed by atoms with van der Waals surface area (Å²) in [5.74, 6) is -6.15. The molecule has 1 aromatic heterocycles. The van der Waals surface area contributed by atoms with Crippen molar-refractivity contribution in [3.63, 3.8) is 0 Å². The number of nitrogens with zero attached hydrogens (tertiary/aromatic N) is 3. The van der Waals surface area contributed by atoms with Crippen molar-refractivity contribution in [2.75, 3.05) is 6.61 Å². The van der Waals surface area contributed by atoms with Crippen LogP contribution in [0.2, 0.25) is 5.02 Å². The fraction of sp³-hybridized carbons (Fsp3) is 0.370. The van der Waals surface area contributed by atoms with Crippen molar-refractivity contribution in [3.05, 3.63) is 70.6 Å². The first-order chi connectivity index (χ1) is 19.9. The van der Waals surface area contributed by atoms with Crippen molar-refractivity contribution < 1.29 is 46.5 Å². The van der Waals surface area contributed by atoms with Crippen molar-refractivity contribution >= 4 is 41.3 Å². The lowest BCUT2D eigenvalue weighted by Crippen LogP contribution is -2.57. The van der Waals surface area contributed by atoms with Crippen molar-refractivity contribution in [1.29, 1.82) is 0 Å². The van der Waals surface area contributed by atoms with E-state index in [1.165, 1.54) is 36.5 Å². The third-order valence-corrected chi connectivity index (χ3v) is 7.55. The smallest absolute Gasteiger partial charge is 0.303 e. The van der Waals surface area contributed by atoms with Gasteiger partial charge in [-0.25, -0.2) is 17.9 Å². The van der Waals surface area contributed by atoms with E-state index in [4.69, 9.17) is 30.5 Å². The van der Waals surface area contributed by atoms with E-state index in [1.54, 1.807) is 24.3 Å². The lowest BCUT2D eigenvalue weighted by atomic mass is 9.96. The van der Waals surface area contributed by atoms with E-state index < -0.39 is 65.1 Å². The molecule has 42 heavy (non-hydrogen) atoms. The highest BCUT2D eigenvalue weighted by molar-refractivity contribution is 7.99. The highest BCUT2D eigenvalue weighted by atomic mass is 35.5. The Morgan fingerprint density at radius 1 is 0.976 bits per heavy atom. The number of halogens is 4. The number of hydrogen-bond acceptors (Lipinski definition) is 10. The van der Waals surface area contributed by atoms with Gasteiger partial charge < -0.3 is 18.9 Å². The minimum Gasteiger partial charge on any atom is -0.463 e. The fourth-order valence-electron chi connectivity index (χ4n) is 4.34. The second kappa shape index (κ2) is 13.6. The lowest BCUT2D eigenvalue weighted by molar-refractivity contribution is -0.212. The van der Waals surface area contributed by atoms with Crippen molar-refractivity contribution in [3.8, 4) is 11.3 Å². The molecule has 3 aromatic rings. The third kappa shape index (κ3) is 7.61. The van der Waals surface area contributed by atoms with Gasteiger partial charge in [0, 0.05) is 37.1 Å². The van der Waals surface area contributed by atoms with Gasteiger partial charge >= 0.3 is 17.9 Å². The highest BCUT2D eigenvalue weighted by Crippen LogP contribution is 2.40. The molecule has 0 bridgehead atoms. The standard InChI is InChI=1S/C27H25ClF3N3O7S/c1-13(35)38-11-22-25(39-14(2)36)24(34-10-21(32-33-34)17-8-19(29)23(31)20(30)9-17)26(40-15(3)37)27(41-22)42-12-16-4-6-18(28)7-5-16/h4-10,22,24-27H,11-12H2,1-3H3/t22?,24?,25-,26-,27+/m0/s1. The zero-order chi connectivity index (χ0) is 30.6. The van der Waals surface area contributed by atoms with Crippen molar-refractivity contribution in [2.45, 2.75) is 56.3 Å². The van der Waals surface area contributed by atoms with E-state index in [0.717, 1.165) is 24.6 Å². The summed E-state index contributed by atoms with van der Waals surface area (Å²) in [7, 11) is 0. The molecular weight excluding hydrogens is 603 g/mol. The second-order valence-electron chi connectivity index (χ2n) is 9.26. The highest BCUT2D eigenvalue weighted by Gasteiger charge is 2.52. The number of carbonyl (C=O) groups is 3. The molecule has 224 valence electrons. The zero-order valence-corrected chi connectivity index (χ0v) is 24.0. The molecule has 0 spiro atoms. The van der Waals surface area contributed by atoms with Crippen LogP contribution in [-0.2, 0) is 39.1 Å². The Kier molecular flexibility index (Phi) is 10.1. The van der Waals surface area contributed by atoms with Crippen LogP contribution in [0.5, 0.6) is 0 Å². The normalized spacial score (nSPS) is 21.9. The summed E-state index contributed by atoms with van der Waals surface area (Å²) in [4.78, 5) is 36.1. The largest absolute Gasteiger partial charge is 0.463 e. The molecule has 10 nitrogen and oxygen atoms in total. The SMILES string of the molecule is CC(=O)OCC1O[C@H](SCc2ccc(Cl)cc2)[C@@H](OC(C)=O)C(n2cc(-c3cc(F)c(F)c(F)c3)nn2)[C@H]1OC(C)=O. The van der Waals surface area contributed by atoms with Gasteiger partial charge in [-0.3, -0.25) is 14.4 Å². The Balaban J connectivity index is 1.76. The number of aromatic nitrogens is 3. The summed E-state index contributed by atoms with van der Waals surface area (Å²) in [6.07, 6.45) is -2.15. The Labute approximate surface area is 247 Å². The van der Waals surface area contributed by atoms with E-state index in [9.17, 15) is 27.6 Å². The van der Waals surface area contributed by atoms with Gasteiger partial charge in [0.25, 0.3) is 0 Å². The molecule has 15 heteroatoms. The molecule has 0 saturated carbocycles. The summed E-state index contributed by atoms with van der Waals surface area (Å²) in [5, 5.41) is 8.57. The maximum atomic E-state index is 13.9. The van der Waals surface area contributed by atoms with E-state index in [2.05, 4.69) is 10.3 Å². The topological polar surface area (TPSA) is 119 Å². The molecule has 2 unspecified atom stereocenters.